The van der Waals surface area contributed by atoms with Gasteiger partial charge in [-0.15, -0.1) is 0 Å². The van der Waals surface area contributed by atoms with Crippen molar-refractivity contribution in [2.45, 2.75) is 55.4 Å². The van der Waals surface area contributed by atoms with Crippen LogP contribution < -0.4 is 0 Å². The van der Waals surface area contributed by atoms with Gasteiger partial charge in [0.1, 0.15) is 23.4 Å². The Morgan fingerprint density at radius 2 is 1.94 bits per heavy atom. The van der Waals surface area contributed by atoms with E-state index >= 15 is 0 Å². The van der Waals surface area contributed by atoms with Gasteiger partial charge in [0.2, 0.25) is 0 Å². The molecule has 2 rings (SSSR count). The Morgan fingerprint density at radius 3 is 2.53 bits per heavy atom. The molecule has 1 heterocycles. The Hall–Kier alpha value is -0.240. The Bertz CT molecular complexity index is 285. The van der Waals surface area contributed by atoms with Crippen LogP contribution in [-0.4, -0.2) is 63.8 Å². The van der Waals surface area contributed by atoms with Gasteiger partial charge in [0.15, 0.2) is 6.29 Å². The van der Waals surface area contributed by atoms with Crippen LogP contribution in [-0.2, 0) is 9.47 Å². The molecule has 0 amide bonds. The number of hydrogen-bond acceptors (Lipinski definition) is 6. The Labute approximate surface area is 99.8 Å². The SMILES string of the molecule is CO[C@@H]1O[C@@]2(CO)CCCC[C@@]2(O)[C@@H](O)[C@H]1O. The predicted octanol–water partition coefficient (Wildman–Crippen LogP) is -1.25. The fourth-order valence-electron chi connectivity index (χ4n) is 2.99. The van der Waals surface area contributed by atoms with E-state index in [0.717, 1.165) is 12.8 Å². The maximum Gasteiger partial charge on any atom is 0.186 e. The summed E-state index contributed by atoms with van der Waals surface area (Å²) < 4.78 is 10.5. The monoisotopic (exact) mass is 248 g/mol. The van der Waals surface area contributed by atoms with Crippen molar-refractivity contribution in [2.75, 3.05) is 13.7 Å². The average molecular weight is 248 g/mol. The summed E-state index contributed by atoms with van der Waals surface area (Å²) in [6, 6.07) is 0. The molecule has 0 spiro atoms. The van der Waals surface area contributed by atoms with Gasteiger partial charge in [-0.2, -0.15) is 0 Å². The smallest absolute Gasteiger partial charge is 0.186 e. The van der Waals surface area contributed by atoms with Crippen molar-refractivity contribution in [1.29, 1.82) is 0 Å². The van der Waals surface area contributed by atoms with Crippen LogP contribution in [0.25, 0.3) is 0 Å². The first-order valence-corrected chi connectivity index (χ1v) is 5.91. The lowest BCUT2D eigenvalue weighted by Gasteiger charge is -2.57. The third-order valence-corrected chi connectivity index (χ3v) is 4.10. The van der Waals surface area contributed by atoms with Crippen molar-refractivity contribution < 1.29 is 29.9 Å². The van der Waals surface area contributed by atoms with Crippen LogP contribution in [0.15, 0.2) is 0 Å². The summed E-state index contributed by atoms with van der Waals surface area (Å²) in [5.74, 6) is 0. The lowest BCUT2D eigenvalue weighted by Crippen LogP contribution is -2.74. The minimum absolute atomic E-state index is 0.294. The second kappa shape index (κ2) is 4.46. The van der Waals surface area contributed by atoms with Gasteiger partial charge in [0.05, 0.1) is 6.61 Å². The molecule has 2 fully saturated rings. The highest BCUT2D eigenvalue weighted by molar-refractivity contribution is 5.12. The fraction of sp³-hybridized carbons (Fsp3) is 1.00. The maximum atomic E-state index is 10.5. The van der Waals surface area contributed by atoms with E-state index in [9.17, 15) is 20.4 Å². The van der Waals surface area contributed by atoms with Crippen molar-refractivity contribution in [2.24, 2.45) is 0 Å². The molecule has 0 radical (unpaired) electrons. The van der Waals surface area contributed by atoms with Crippen LogP contribution in [0, 0.1) is 0 Å². The van der Waals surface area contributed by atoms with Crippen molar-refractivity contribution in [1.82, 2.24) is 0 Å². The van der Waals surface area contributed by atoms with Crippen molar-refractivity contribution >= 4 is 0 Å². The zero-order valence-electron chi connectivity index (χ0n) is 9.87. The number of ether oxygens (including phenoxy) is 2. The van der Waals surface area contributed by atoms with Gasteiger partial charge in [0, 0.05) is 7.11 Å². The molecule has 0 unspecified atom stereocenters. The van der Waals surface area contributed by atoms with Crippen molar-refractivity contribution in [3.05, 3.63) is 0 Å². The van der Waals surface area contributed by atoms with Gasteiger partial charge in [-0.1, -0.05) is 12.8 Å². The second-order valence-corrected chi connectivity index (χ2v) is 4.94. The highest BCUT2D eigenvalue weighted by Gasteiger charge is 2.64. The third kappa shape index (κ3) is 1.71. The molecule has 0 aromatic rings. The van der Waals surface area contributed by atoms with Gasteiger partial charge in [-0.25, -0.2) is 0 Å². The number of hydrogen-bond donors (Lipinski definition) is 4. The molecule has 1 aliphatic heterocycles. The number of methoxy groups -OCH3 is 1. The van der Waals surface area contributed by atoms with E-state index in [1.54, 1.807) is 0 Å². The summed E-state index contributed by atoms with van der Waals surface area (Å²) in [4.78, 5) is 0. The minimum atomic E-state index is -1.62. The standard InChI is InChI=1S/C11H20O6/c1-16-9-7(13)8(14)11(15)5-3-2-4-10(11,6-12)17-9/h7-9,12-15H,2-6H2,1H3/t7-,8+,9-,10-,11-/m1/s1. The largest absolute Gasteiger partial charge is 0.393 e. The number of aliphatic hydroxyl groups is 4. The second-order valence-electron chi connectivity index (χ2n) is 4.94. The first-order chi connectivity index (χ1) is 8.00. The van der Waals surface area contributed by atoms with Gasteiger partial charge in [-0.05, 0) is 12.8 Å². The van der Waals surface area contributed by atoms with E-state index in [4.69, 9.17) is 9.47 Å². The molecule has 1 saturated heterocycles. The molecule has 2 aliphatic rings. The average Bonchev–Trinajstić information content (AvgIpc) is 2.35. The minimum Gasteiger partial charge on any atom is -0.393 e. The summed E-state index contributed by atoms with van der Waals surface area (Å²) in [6.07, 6.45) is -1.48. The lowest BCUT2D eigenvalue weighted by molar-refractivity contribution is -0.374. The summed E-state index contributed by atoms with van der Waals surface area (Å²) in [5.41, 5.74) is -2.86. The molecule has 6 heteroatoms. The predicted molar refractivity (Wildman–Crippen MR) is 57.1 cm³/mol. The van der Waals surface area contributed by atoms with E-state index < -0.39 is 36.3 Å². The van der Waals surface area contributed by atoms with Gasteiger partial charge >= 0.3 is 0 Å². The molecule has 100 valence electrons. The first kappa shape index (κ1) is 13.2. The maximum absolute atomic E-state index is 10.5. The summed E-state index contributed by atoms with van der Waals surface area (Å²) >= 11 is 0. The molecule has 0 aromatic carbocycles. The molecule has 5 atom stereocenters. The topological polar surface area (TPSA) is 99.4 Å². The van der Waals surface area contributed by atoms with Crippen LogP contribution >= 0.6 is 0 Å². The molecule has 17 heavy (non-hydrogen) atoms. The van der Waals surface area contributed by atoms with Crippen molar-refractivity contribution in [3.63, 3.8) is 0 Å². The highest BCUT2D eigenvalue weighted by Crippen LogP contribution is 2.47. The lowest BCUT2D eigenvalue weighted by atomic mass is 9.66. The number of aliphatic hydroxyl groups excluding tert-OH is 3. The van der Waals surface area contributed by atoms with Crippen LogP contribution in [0.1, 0.15) is 25.7 Å². The first-order valence-electron chi connectivity index (χ1n) is 5.91. The fourth-order valence-corrected chi connectivity index (χ4v) is 2.99. The van der Waals surface area contributed by atoms with Gasteiger partial charge in [-0.3, -0.25) is 0 Å². The zero-order valence-corrected chi connectivity index (χ0v) is 9.87. The third-order valence-electron chi connectivity index (χ3n) is 4.10. The van der Waals surface area contributed by atoms with Crippen LogP contribution in [0.4, 0.5) is 0 Å². The van der Waals surface area contributed by atoms with Crippen LogP contribution in [0.5, 0.6) is 0 Å². The Balaban J connectivity index is 2.36. The zero-order chi connectivity index (χ0) is 12.7. The summed E-state index contributed by atoms with van der Waals surface area (Å²) in [6.45, 7) is -0.410. The molecule has 0 aromatic heterocycles. The van der Waals surface area contributed by atoms with Crippen LogP contribution in [0.2, 0.25) is 0 Å². The van der Waals surface area contributed by atoms with Gasteiger partial charge in [0.25, 0.3) is 0 Å². The number of rotatable bonds is 2. The molecule has 6 nitrogen and oxygen atoms in total. The molecule has 0 bridgehead atoms. The quantitative estimate of drug-likeness (QED) is 0.487. The molecular formula is C11H20O6. The van der Waals surface area contributed by atoms with Gasteiger partial charge < -0.3 is 29.9 Å². The Morgan fingerprint density at radius 1 is 1.29 bits per heavy atom. The van der Waals surface area contributed by atoms with E-state index in [2.05, 4.69) is 0 Å². The van der Waals surface area contributed by atoms with Crippen molar-refractivity contribution in [3.8, 4) is 0 Å². The molecular weight excluding hydrogens is 228 g/mol. The summed E-state index contributed by atoms with van der Waals surface area (Å²) in [7, 11) is 1.35. The van der Waals surface area contributed by atoms with E-state index in [1.165, 1.54) is 7.11 Å². The normalized spacial score (nSPS) is 51.0. The van der Waals surface area contributed by atoms with E-state index in [1.807, 2.05) is 0 Å². The highest BCUT2D eigenvalue weighted by atomic mass is 16.7. The molecule has 1 saturated carbocycles. The van der Waals surface area contributed by atoms with E-state index in [0.29, 0.717) is 12.8 Å². The summed E-state index contributed by atoms with van der Waals surface area (Å²) in [5, 5.41) is 39.9. The number of fused-ring (bicyclic) bond motifs is 1. The van der Waals surface area contributed by atoms with E-state index in [-0.39, 0.29) is 0 Å². The molecule has 4 N–H and O–H groups in total. The van der Waals surface area contributed by atoms with Crippen LogP contribution in [0.3, 0.4) is 0 Å². The molecule has 1 aliphatic carbocycles. The Kier molecular flexibility index (Phi) is 3.46.